The number of carbonyl (C=O) groups is 2. The number of benzene rings is 1. The highest BCUT2D eigenvalue weighted by molar-refractivity contribution is 5.97. The fraction of sp³-hybridized carbons (Fsp3) is 0.556. The summed E-state index contributed by atoms with van der Waals surface area (Å²) in [5, 5.41) is 9.33. The fourth-order valence-electron chi connectivity index (χ4n) is 3.03. The summed E-state index contributed by atoms with van der Waals surface area (Å²) >= 11 is 0. The van der Waals surface area contributed by atoms with Crippen LogP contribution in [0, 0.1) is 18.8 Å². The lowest BCUT2D eigenvalue weighted by molar-refractivity contribution is -0.121. The van der Waals surface area contributed by atoms with Crippen molar-refractivity contribution in [3.8, 4) is 0 Å². The van der Waals surface area contributed by atoms with E-state index < -0.39 is 0 Å². The number of hydrogen-bond donors (Lipinski definition) is 3. The molecule has 1 heterocycles. The summed E-state index contributed by atoms with van der Waals surface area (Å²) in [5.74, 6) is 0.381. The van der Waals surface area contributed by atoms with Crippen molar-refractivity contribution in [2.24, 2.45) is 11.8 Å². The molecular formula is C18H26ClN3O2. The van der Waals surface area contributed by atoms with Gasteiger partial charge in [-0.15, -0.1) is 12.4 Å². The van der Waals surface area contributed by atoms with Crippen LogP contribution in [0.2, 0.25) is 0 Å². The van der Waals surface area contributed by atoms with E-state index in [-0.39, 0.29) is 36.1 Å². The second kappa shape index (κ2) is 7.99. The summed E-state index contributed by atoms with van der Waals surface area (Å²) in [4.78, 5) is 24.4. The van der Waals surface area contributed by atoms with Gasteiger partial charge in [-0.2, -0.15) is 0 Å². The van der Waals surface area contributed by atoms with Gasteiger partial charge in [0.1, 0.15) is 0 Å². The fourth-order valence-corrected chi connectivity index (χ4v) is 3.03. The number of amides is 2. The van der Waals surface area contributed by atoms with Crippen LogP contribution < -0.4 is 16.0 Å². The third-order valence-electron chi connectivity index (χ3n) is 4.71. The Kier molecular flexibility index (Phi) is 6.24. The van der Waals surface area contributed by atoms with Gasteiger partial charge in [-0.3, -0.25) is 9.59 Å². The van der Waals surface area contributed by atoms with Crippen LogP contribution >= 0.6 is 12.4 Å². The van der Waals surface area contributed by atoms with Crippen LogP contribution in [-0.4, -0.2) is 24.4 Å². The number of piperidine rings is 1. The highest BCUT2D eigenvalue weighted by Gasteiger charge is 2.29. The lowest BCUT2D eigenvalue weighted by atomic mass is 9.92. The highest BCUT2D eigenvalue weighted by Crippen LogP contribution is 2.31. The smallest absolute Gasteiger partial charge is 0.227 e. The average molecular weight is 352 g/mol. The molecule has 2 aliphatic rings. The Hall–Kier alpha value is -1.59. The van der Waals surface area contributed by atoms with Gasteiger partial charge in [0.15, 0.2) is 0 Å². The zero-order chi connectivity index (χ0) is 16.4. The largest absolute Gasteiger partial charge is 0.326 e. The van der Waals surface area contributed by atoms with Crippen molar-refractivity contribution in [3.05, 3.63) is 23.8 Å². The van der Waals surface area contributed by atoms with E-state index in [1.54, 1.807) is 0 Å². The molecule has 3 N–H and O–H groups in total. The second-order valence-corrected chi connectivity index (χ2v) is 6.86. The molecule has 132 valence electrons. The van der Waals surface area contributed by atoms with Crippen molar-refractivity contribution < 1.29 is 9.59 Å². The van der Waals surface area contributed by atoms with Crippen molar-refractivity contribution in [1.29, 1.82) is 0 Å². The van der Waals surface area contributed by atoms with Crippen LogP contribution in [0.3, 0.4) is 0 Å². The molecule has 2 atom stereocenters. The zero-order valence-electron chi connectivity index (χ0n) is 14.2. The maximum Gasteiger partial charge on any atom is 0.227 e. The molecule has 1 aliphatic carbocycles. The molecule has 0 unspecified atom stereocenters. The molecule has 1 saturated heterocycles. The molecular weight excluding hydrogens is 326 g/mol. The number of rotatable bonds is 4. The van der Waals surface area contributed by atoms with Gasteiger partial charge in [0.2, 0.25) is 11.8 Å². The summed E-state index contributed by atoms with van der Waals surface area (Å²) in [7, 11) is 0. The first-order valence-electron chi connectivity index (χ1n) is 8.48. The van der Waals surface area contributed by atoms with Crippen LogP contribution in [-0.2, 0) is 9.59 Å². The molecule has 6 heteroatoms. The van der Waals surface area contributed by atoms with Crippen LogP contribution in [0.4, 0.5) is 11.4 Å². The first-order chi connectivity index (χ1) is 11.0. The summed E-state index contributed by atoms with van der Waals surface area (Å²) in [6, 6.07) is 6.06. The van der Waals surface area contributed by atoms with E-state index in [2.05, 4.69) is 22.9 Å². The van der Waals surface area contributed by atoms with Gasteiger partial charge in [0.05, 0.1) is 0 Å². The maximum absolute atomic E-state index is 12.5. The predicted octanol–water partition coefficient (Wildman–Crippen LogP) is 3.09. The van der Waals surface area contributed by atoms with Crippen molar-refractivity contribution >= 4 is 35.6 Å². The number of nitrogens with one attached hydrogen (secondary N) is 3. The Labute approximate surface area is 149 Å². The monoisotopic (exact) mass is 351 g/mol. The Morgan fingerprint density at radius 3 is 2.46 bits per heavy atom. The third-order valence-corrected chi connectivity index (χ3v) is 4.71. The van der Waals surface area contributed by atoms with E-state index in [0.717, 1.165) is 49.2 Å². The Morgan fingerprint density at radius 1 is 1.08 bits per heavy atom. The number of halogens is 1. The first kappa shape index (κ1) is 18.7. The molecule has 5 nitrogen and oxygen atoms in total. The van der Waals surface area contributed by atoms with Crippen molar-refractivity contribution in [2.75, 3.05) is 17.2 Å². The molecule has 1 saturated carbocycles. The van der Waals surface area contributed by atoms with Crippen molar-refractivity contribution in [3.63, 3.8) is 0 Å². The normalized spacial score (nSPS) is 23.1. The molecule has 2 amide bonds. The number of aryl methyl sites for hydroxylation is 1. The molecule has 0 aromatic heterocycles. The summed E-state index contributed by atoms with van der Waals surface area (Å²) in [6.07, 6.45) is 3.70. The predicted molar refractivity (Wildman–Crippen MR) is 98.6 cm³/mol. The minimum absolute atomic E-state index is 0. The number of carbonyl (C=O) groups excluding carboxylic acids is 2. The van der Waals surface area contributed by atoms with E-state index >= 15 is 0 Å². The van der Waals surface area contributed by atoms with Gasteiger partial charge in [-0.1, -0.05) is 6.07 Å². The topological polar surface area (TPSA) is 70.2 Å². The van der Waals surface area contributed by atoms with Crippen molar-refractivity contribution in [1.82, 2.24) is 5.32 Å². The minimum atomic E-state index is 0. The molecule has 1 aromatic rings. The SMILES string of the molecule is Cc1ccc(NC(=O)C2CC2)cc1NC(=O)[C@H]1CCN[C@@H](C)C1.Cl. The van der Waals surface area contributed by atoms with Gasteiger partial charge in [0, 0.05) is 29.3 Å². The van der Waals surface area contributed by atoms with Crippen LogP contribution in [0.5, 0.6) is 0 Å². The van der Waals surface area contributed by atoms with Gasteiger partial charge in [0.25, 0.3) is 0 Å². The Balaban J connectivity index is 0.00000208. The second-order valence-electron chi connectivity index (χ2n) is 6.86. The van der Waals surface area contributed by atoms with Gasteiger partial charge >= 0.3 is 0 Å². The number of anilines is 2. The molecule has 3 rings (SSSR count). The van der Waals surface area contributed by atoms with Crippen molar-refractivity contribution in [2.45, 2.75) is 45.6 Å². The summed E-state index contributed by atoms with van der Waals surface area (Å²) in [6.45, 7) is 4.96. The molecule has 0 bridgehead atoms. The molecule has 0 spiro atoms. The molecule has 1 aliphatic heterocycles. The lowest BCUT2D eigenvalue weighted by Crippen LogP contribution is -2.40. The van der Waals surface area contributed by atoms with Crippen LogP contribution in [0.25, 0.3) is 0 Å². The van der Waals surface area contributed by atoms with E-state index in [1.807, 2.05) is 25.1 Å². The van der Waals surface area contributed by atoms with E-state index in [1.165, 1.54) is 0 Å². The molecule has 1 aromatic carbocycles. The molecule has 2 fully saturated rings. The Morgan fingerprint density at radius 2 is 1.79 bits per heavy atom. The highest BCUT2D eigenvalue weighted by atomic mass is 35.5. The van der Waals surface area contributed by atoms with Crippen LogP contribution in [0.15, 0.2) is 18.2 Å². The summed E-state index contributed by atoms with van der Waals surface area (Å²) < 4.78 is 0. The van der Waals surface area contributed by atoms with Gasteiger partial charge in [-0.05, 0) is 63.8 Å². The van der Waals surface area contributed by atoms with Gasteiger partial charge < -0.3 is 16.0 Å². The zero-order valence-corrected chi connectivity index (χ0v) is 15.0. The van der Waals surface area contributed by atoms with E-state index in [9.17, 15) is 9.59 Å². The average Bonchev–Trinajstić information content (AvgIpc) is 3.35. The van der Waals surface area contributed by atoms with E-state index in [0.29, 0.717) is 6.04 Å². The quantitative estimate of drug-likeness (QED) is 0.780. The van der Waals surface area contributed by atoms with E-state index in [4.69, 9.17) is 0 Å². The first-order valence-corrected chi connectivity index (χ1v) is 8.48. The Bertz CT molecular complexity index is 616. The van der Waals surface area contributed by atoms with Crippen LogP contribution in [0.1, 0.15) is 38.2 Å². The molecule has 0 radical (unpaired) electrons. The third kappa shape index (κ3) is 4.71. The van der Waals surface area contributed by atoms with Gasteiger partial charge in [-0.25, -0.2) is 0 Å². The standard InChI is InChI=1S/C18H25N3O2.ClH/c1-11-3-6-15(20-17(22)13-4-5-13)10-16(11)21-18(23)14-7-8-19-12(2)9-14;/h3,6,10,12-14,19H,4-5,7-9H2,1-2H3,(H,20,22)(H,21,23);1H/t12-,14-;/m0./s1. The lowest BCUT2D eigenvalue weighted by Gasteiger charge is -2.27. The number of hydrogen-bond acceptors (Lipinski definition) is 3. The molecule has 24 heavy (non-hydrogen) atoms. The summed E-state index contributed by atoms with van der Waals surface area (Å²) in [5.41, 5.74) is 2.54. The minimum Gasteiger partial charge on any atom is -0.326 e. The maximum atomic E-state index is 12.5.